The van der Waals surface area contributed by atoms with Gasteiger partial charge in [-0.2, -0.15) is 0 Å². The normalized spacial score (nSPS) is 54.5. The van der Waals surface area contributed by atoms with Crippen LogP contribution in [0.4, 0.5) is 0 Å². The minimum absolute atomic E-state index is 0.0274. The zero-order valence-electron chi connectivity index (χ0n) is 43.6. The zero-order chi connectivity index (χ0) is 56.7. The summed E-state index contributed by atoms with van der Waals surface area (Å²) in [4.78, 5) is 15.0. The first-order chi connectivity index (χ1) is 36.8. The lowest BCUT2D eigenvalue weighted by Gasteiger charge is -2.64. The van der Waals surface area contributed by atoms with Gasteiger partial charge in [-0.05, 0) is 93.0 Å². The molecule has 0 aromatic carbocycles. The molecule has 31 atom stereocenters. The molecule has 9 aliphatic rings. The topological polar surface area (TPSA) is 444 Å². The molecule has 17 N–H and O–H groups in total. The summed E-state index contributed by atoms with van der Waals surface area (Å²) in [6.07, 6.45) is -35.9. The summed E-state index contributed by atoms with van der Waals surface area (Å²) in [5.41, 5.74) is -2.57. The monoisotopic (exact) mass is 1130 g/mol. The number of ether oxygens (including phenoxy) is 9. The first kappa shape index (κ1) is 60.8. The quantitative estimate of drug-likeness (QED) is 0.0412. The van der Waals surface area contributed by atoms with E-state index in [4.69, 9.17) is 42.6 Å². The van der Waals surface area contributed by atoms with Gasteiger partial charge in [0.2, 0.25) is 0 Å². The Morgan fingerprint density at radius 2 is 1.05 bits per heavy atom. The number of fused-ring (bicyclic) bond motifs is 3. The highest BCUT2D eigenvalue weighted by Crippen LogP contribution is 2.74. The van der Waals surface area contributed by atoms with Crippen LogP contribution in [0.3, 0.4) is 0 Å². The number of carbonyl (C=O) groups excluding carboxylic acids is 1. The molecule has 448 valence electrons. The third-order valence-electron chi connectivity index (χ3n) is 19.7. The van der Waals surface area contributed by atoms with Crippen molar-refractivity contribution in [1.82, 2.24) is 0 Å². The molecule has 1 spiro atoms. The number of rotatable bonds is 15. The fraction of sp³-hybridized carbons (Fsp3) is 0.941. The summed E-state index contributed by atoms with van der Waals surface area (Å²) in [6, 6.07) is 0. The van der Waals surface area contributed by atoms with Crippen molar-refractivity contribution >= 4 is 5.97 Å². The lowest BCUT2D eigenvalue weighted by molar-refractivity contribution is -0.382. The molecule has 4 heterocycles. The van der Waals surface area contributed by atoms with Gasteiger partial charge in [0.1, 0.15) is 116 Å². The lowest BCUT2D eigenvalue weighted by Crippen LogP contribution is -2.66. The number of aliphatic hydroxyl groups is 17. The summed E-state index contributed by atoms with van der Waals surface area (Å²) < 4.78 is 54.1. The molecule has 0 amide bonds. The Kier molecular flexibility index (Phi) is 18.2. The Labute approximate surface area is 449 Å². The number of esters is 1. The molecule has 9 rings (SSSR count). The molecule has 5 saturated carbocycles. The summed E-state index contributed by atoms with van der Waals surface area (Å²) in [6.45, 7) is 5.00. The molecule has 27 nitrogen and oxygen atoms in total. The first-order valence-electron chi connectivity index (χ1n) is 27.2. The van der Waals surface area contributed by atoms with Gasteiger partial charge in [0.15, 0.2) is 25.2 Å². The molecule has 5 aliphatic carbocycles. The summed E-state index contributed by atoms with van der Waals surface area (Å²) in [5, 5.41) is 181. The maximum atomic E-state index is 15.0. The van der Waals surface area contributed by atoms with E-state index in [-0.39, 0.29) is 18.3 Å². The second-order valence-electron chi connectivity index (χ2n) is 24.1. The fourth-order valence-corrected chi connectivity index (χ4v) is 15.3. The maximum absolute atomic E-state index is 15.0. The van der Waals surface area contributed by atoms with Gasteiger partial charge in [-0.3, -0.25) is 4.79 Å². The van der Waals surface area contributed by atoms with Gasteiger partial charge in [0, 0.05) is 12.5 Å². The van der Waals surface area contributed by atoms with Crippen LogP contribution in [-0.4, -0.2) is 279 Å². The van der Waals surface area contributed by atoms with E-state index >= 15 is 0 Å². The Morgan fingerprint density at radius 1 is 0.551 bits per heavy atom. The van der Waals surface area contributed by atoms with Crippen molar-refractivity contribution in [2.45, 2.75) is 231 Å². The predicted molar refractivity (Wildman–Crippen MR) is 255 cm³/mol. The average Bonchev–Trinajstić information content (AvgIpc) is 3.50. The average molecular weight is 1130 g/mol. The predicted octanol–water partition coefficient (Wildman–Crippen LogP) is -6.63. The minimum atomic E-state index is -1.93. The summed E-state index contributed by atoms with van der Waals surface area (Å²) >= 11 is 0. The number of aliphatic hydroxyl groups excluding tert-OH is 17. The molecule has 0 aromatic rings. The van der Waals surface area contributed by atoms with Gasteiger partial charge in [0.25, 0.3) is 0 Å². The summed E-state index contributed by atoms with van der Waals surface area (Å²) in [7, 11) is 0. The van der Waals surface area contributed by atoms with E-state index in [0.29, 0.717) is 56.9 Å². The smallest absolute Gasteiger partial charge is 0.312 e. The Morgan fingerprint density at radius 3 is 1.62 bits per heavy atom. The van der Waals surface area contributed by atoms with Crippen LogP contribution < -0.4 is 0 Å². The van der Waals surface area contributed by atoms with Crippen LogP contribution in [0.1, 0.15) is 78.1 Å². The van der Waals surface area contributed by atoms with Gasteiger partial charge in [-0.1, -0.05) is 19.9 Å². The number of hydrogen-bond donors (Lipinski definition) is 17. The molecule has 0 aromatic heterocycles. The molecule has 78 heavy (non-hydrogen) atoms. The van der Waals surface area contributed by atoms with Crippen LogP contribution in [0.15, 0.2) is 12.2 Å². The third kappa shape index (κ3) is 10.4. The zero-order valence-corrected chi connectivity index (χ0v) is 43.6. The maximum Gasteiger partial charge on any atom is 0.312 e. The SMILES string of the molecule is C=C1CC23CCC4[C@](C)(C(=O)OC5CC(CO)C(O)C(O)C5OC5OC(CO)C(O)C(O)C5O)CCC[C@@]4(C)[C@@H]2CCC1(OC1OC(COC2OC(CO)C(O)C(O)C2O)C(O)C(O)C1OC1OC(CO)C(O)C(O)C1O)C3. The van der Waals surface area contributed by atoms with Crippen molar-refractivity contribution in [1.29, 1.82) is 0 Å². The first-order valence-corrected chi connectivity index (χ1v) is 27.2. The van der Waals surface area contributed by atoms with Gasteiger partial charge < -0.3 is 129 Å². The van der Waals surface area contributed by atoms with Crippen molar-refractivity contribution in [3.63, 3.8) is 0 Å². The van der Waals surface area contributed by atoms with E-state index in [2.05, 4.69) is 13.5 Å². The van der Waals surface area contributed by atoms with Crippen molar-refractivity contribution in [3.8, 4) is 0 Å². The van der Waals surface area contributed by atoms with E-state index in [1.54, 1.807) is 0 Å². The van der Waals surface area contributed by atoms with Gasteiger partial charge >= 0.3 is 5.97 Å². The minimum Gasteiger partial charge on any atom is -0.459 e. The standard InChI is InChI=1S/C51H82O27/c1-19-12-50-9-5-26-48(2,7-4-8-49(26,3)47(69)75-21-11-20(13-52)28(56)36(64)41(21)76-44-39(67)34(62)30(58)23(15-54)72-44)27(50)6-10-51(19,18-50)78-46-42(77-45-40(68)35(63)31(59)24(16-55)73-45)37(65)32(60)25(74-46)17-70-43-38(66)33(61)29(57)22(14-53)71-43/h20-46,52-68H,1,4-18H2,2-3H3/t20?,21?,22?,23?,24?,25?,26?,27-,28?,29?,30?,31?,32?,33?,34?,35?,36?,37?,38?,39?,40?,41?,42?,43?,44?,45?,46?,48+,49+,50?,51?/m0/s1. The molecule has 27 heteroatoms. The van der Waals surface area contributed by atoms with E-state index in [1.807, 2.05) is 6.92 Å². The highest BCUT2D eigenvalue weighted by atomic mass is 16.8. The second-order valence-corrected chi connectivity index (χ2v) is 24.1. The van der Waals surface area contributed by atoms with Gasteiger partial charge in [-0.25, -0.2) is 0 Å². The molecule has 28 unspecified atom stereocenters. The molecule has 4 saturated heterocycles. The van der Waals surface area contributed by atoms with Gasteiger partial charge in [0.05, 0.1) is 43.5 Å². The van der Waals surface area contributed by atoms with Crippen LogP contribution >= 0.6 is 0 Å². The summed E-state index contributed by atoms with van der Waals surface area (Å²) in [5.74, 6) is -1.86. The van der Waals surface area contributed by atoms with Crippen molar-refractivity contribution in [2.75, 3.05) is 33.0 Å². The van der Waals surface area contributed by atoms with Crippen molar-refractivity contribution in [2.24, 2.45) is 34.0 Å². The molecule has 0 radical (unpaired) electrons. The molecule has 4 aliphatic heterocycles. The third-order valence-corrected chi connectivity index (χ3v) is 19.7. The second kappa shape index (κ2) is 23.3. The van der Waals surface area contributed by atoms with Crippen LogP contribution in [0, 0.1) is 34.0 Å². The molecule has 2 bridgehead atoms. The van der Waals surface area contributed by atoms with E-state index in [9.17, 15) is 91.6 Å². The van der Waals surface area contributed by atoms with Crippen LogP contribution in [-0.2, 0) is 47.4 Å². The van der Waals surface area contributed by atoms with Crippen molar-refractivity contribution < 1.29 is 134 Å². The molecule has 9 fully saturated rings. The van der Waals surface area contributed by atoms with Gasteiger partial charge in [-0.15, -0.1) is 0 Å². The van der Waals surface area contributed by atoms with E-state index in [1.165, 1.54) is 0 Å². The number of carbonyl (C=O) groups is 1. The van der Waals surface area contributed by atoms with Crippen LogP contribution in [0.25, 0.3) is 0 Å². The Bertz CT molecular complexity index is 2070. The highest BCUT2D eigenvalue weighted by molar-refractivity contribution is 5.77. The Balaban J connectivity index is 0.943. The fourth-order valence-electron chi connectivity index (χ4n) is 15.3. The Hall–Kier alpha value is -1.79. The lowest BCUT2D eigenvalue weighted by atomic mass is 9.41. The van der Waals surface area contributed by atoms with Crippen LogP contribution in [0.2, 0.25) is 0 Å². The van der Waals surface area contributed by atoms with E-state index < -0.39 is 214 Å². The largest absolute Gasteiger partial charge is 0.459 e. The molecular formula is C51H82O27. The molecular weight excluding hydrogens is 1040 g/mol. The van der Waals surface area contributed by atoms with E-state index in [0.717, 1.165) is 6.42 Å². The van der Waals surface area contributed by atoms with Crippen molar-refractivity contribution in [3.05, 3.63) is 12.2 Å². The highest BCUT2D eigenvalue weighted by Gasteiger charge is 2.70. The van der Waals surface area contributed by atoms with Crippen LogP contribution in [0.5, 0.6) is 0 Å². The number of hydrogen-bond acceptors (Lipinski definition) is 27.